The summed E-state index contributed by atoms with van der Waals surface area (Å²) in [5, 5.41) is 12.0. The summed E-state index contributed by atoms with van der Waals surface area (Å²) in [5.41, 5.74) is 0. The lowest BCUT2D eigenvalue weighted by molar-refractivity contribution is 0.0758. The summed E-state index contributed by atoms with van der Waals surface area (Å²) in [7, 11) is 0. The highest BCUT2D eigenvalue weighted by Gasteiger charge is 2.19. The van der Waals surface area contributed by atoms with Crippen LogP contribution in [0.25, 0.3) is 0 Å². The van der Waals surface area contributed by atoms with Crippen molar-refractivity contribution in [3.8, 4) is 0 Å². The zero-order chi connectivity index (χ0) is 6.69. The van der Waals surface area contributed by atoms with Crippen molar-refractivity contribution in [1.82, 2.24) is 5.32 Å². The Morgan fingerprint density at radius 3 is 2.78 bits per heavy atom. The van der Waals surface area contributed by atoms with Gasteiger partial charge in [0.1, 0.15) is 6.17 Å². The summed E-state index contributed by atoms with van der Waals surface area (Å²) in [5.74, 6) is 0. The number of aliphatic hydroxyl groups is 1. The molecule has 1 rings (SSSR count). The summed E-state index contributed by atoms with van der Waals surface area (Å²) < 4.78 is 12.5. The van der Waals surface area contributed by atoms with E-state index in [1.165, 1.54) is 0 Å². The maximum atomic E-state index is 12.5. The second-order valence-electron chi connectivity index (χ2n) is 2.41. The highest BCUT2D eigenvalue weighted by Crippen LogP contribution is 2.09. The fourth-order valence-corrected chi connectivity index (χ4v) is 0.988. The quantitative estimate of drug-likeness (QED) is 0.490. The van der Waals surface area contributed by atoms with E-state index < -0.39 is 12.3 Å². The van der Waals surface area contributed by atoms with Gasteiger partial charge in [-0.15, -0.1) is 0 Å². The molecular formula is C6H12FNO. The van der Waals surface area contributed by atoms with Crippen LogP contribution >= 0.6 is 0 Å². The van der Waals surface area contributed by atoms with Crippen LogP contribution in [0.3, 0.4) is 0 Å². The third-order valence-electron chi connectivity index (χ3n) is 1.63. The number of nitrogens with one attached hydrogen (secondary N) is 1. The number of hydrogen-bond acceptors (Lipinski definition) is 2. The first-order chi connectivity index (χ1) is 4.30. The average molecular weight is 133 g/mol. The van der Waals surface area contributed by atoms with Crippen molar-refractivity contribution in [3.63, 3.8) is 0 Å². The van der Waals surface area contributed by atoms with Gasteiger partial charge >= 0.3 is 0 Å². The highest BCUT2D eigenvalue weighted by molar-refractivity contribution is 4.73. The summed E-state index contributed by atoms with van der Waals surface area (Å²) in [6.45, 7) is 1.43. The van der Waals surface area contributed by atoms with Crippen molar-refractivity contribution in [2.45, 2.75) is 25.1 Å². The molecule has 0 aromatic carbocycles. The molecule has 0 unspecified atom stereocenters. The van der Waals surface area contributed by atoms with Crippen LogP contribution in [0.1, 0.15) is 12.8 Å². The molecule has 54 valence electrons. The summed E-state index contributed by atoms with van der Waals surface area (Å²) in [6, 6.07) is 0. The Balaban J connectivity index is 2.32. The summed E-state index contributed by atoms with van der Waals surface area (Å²) in [6.07, 6.45) is -0.762. The van der Waals surface area contributed by atoms with Crippen molar-refractivity contribution in [2.24, 2.45) is 0 Å². The van der Waals surface area contributed by atoms with Crippen LogP contribution in [0.4, 0.5) is 4.39 Å². The first-order valence-electron chi connectivity index (χ1n) is 3.33. The van der Waals surface area contributed by atoms with Gasteiger partial charge in [0, 0.05) is 0 Å². The molecule has 0 bridgehead atoms. The molecule has 1 aliphatic heterocycles. The fourth-order valence-electron chi connectivity index (χ4n) is 0.988. The molecular weight excluding hydrogens is 121 g/mol. The maximum Gasteiger partial charge on any atom is 0.127 e. The van der Waals surface area contributed by atoms with Gasteiger partial charge in [-0.3, -0.25) is 0 Å². The van der Waals surface area contributed by atoms with Crippen molar-refractivity contribution in [3.05, 3.63) is 0 Å². The lowest BCUT2D eigenvalue weighted by Gasteiger charge is -2.09. The van der Waals surface area contributed by atoms with Gasteiger partial charge in [-0.1, -0.05) is 0 Å². The second kappa shape index (κ2) is 3.13. The molecule has 1 saturated heterocycles. The smallest absolute Gasteiger partial charge is 0.127 e. The SMILES string of the molecule is O[C@@H]1CCNCC[C@H]1F. The van der Waals surface area contributed by atoms with Gasteiger partial charge in [0.2, 0.25) is 0 Å². The minimum atomic E-state index is -1.01. The lowest BCUT2D eigenvalue weighted by atomic mass is 10.1. The van der Waals surface area contributed by atoms with Gasteiger partial charge in [0.05, 0.1) is 6.10 Å². The molecule has 0 aromatic rings. The van der Waals surface area contributed by atoms with E-state index in [4.69, 9.17) is 5.11 Å². The van der Waals surface area contributed by atoms with Crippen molar-refractivity contribution in [2.75, 3.05) is 13.1 Å². The second-order valence-corrected chi connectivity index (χ2v) is 2.41. The molecule has 0 amide bonds. The van der Waals surface area contributed by atoms with Gasteiger partial charge in [-0.2, -0.15) is 0 Å². The largest absolute Gasteiger partial charge is 0.390 e. The molecule has 2 atom stereocenters. The van der Waals surface area contributed by atoms with Crippen molar-refractivity contribution in [1.29, 1.82) is 0 Å². The number of aliphatic hydroxyl groups excluding tert-OH is 1. The van der Waals surface area contributed by atoms with E-state index in [-0.39, 0.29) is 0 Å². The molecule has 2 nitrogen and oxygen atoms in total. The molecule has 9 heavy (non-hydrogen) atoms. The van der Waals surface area contributed by atoms with E-state index in [1.807, 2.05) is 0 Å². The predicted octanol–water partition coefficient (Wildman–Crippen LogP) is 0.0688. The molecule has 0 spiro atoms. The molecule has 0 saturated carbocycles. The Morgan fingerprint density at radius 2 is 2.00 bits per heavy atom. The monoisotopic (exact) mass is 133 g/mol. The highest BCUT2D eigenvalue weighted by atomic mass is 19.1. The fraction of sp³-hybridized carbons (Fsp3) is 1.00. The molecule has 1 fully saturated rings. The van der Waals surface area contributed by atoms with Crippen LogP contribution in [0.2, 0.25) is 0 Å². The zero-order valence-corrected chi connectivity index (χ0v) is 5.31. The number of alkyl halides is 1. The van der Waals surface area contributed by atoms with Crippen LogP contribution in [0.15, 0.2) is 0 Å². The Kier molecular flexibility index (Phi) is 2.42. The maximum absolute atomic E-state index is 12.5. The minimum Gasteiger partial charge on any atom is -0.390 e. The van der Waals surface area contributed by atoms with Crippen molar-refractivity contribution < 1.29 is 9.50 Å². The van der Waals surface area contributed by atoms with E-state index >= 15 is 0 Å². The predicted molar refractivity (Wildman–Crippen MR) is 33.0 cm³/mol. The summed E-state index contributed by atoms with van der Waals surface area (Å²) in [4.78, 5) is 0. The van der Waals surface area contributed by atoms with Gasteiger partial charge in [0.25, 0.3) is 0 Å². The van der Waals surface area contributed by atoms with Crippen LogP contribution in [-0.4, -0.2) is 30.5 Å². The van der Waals surface area contributed by atoms with Gasteiger partial charge < -0.3 is 10.4 Å². The topological polar surface area (TPSA) is 32.3 Å². The van der Waals surface area contributed by atoms with E-state index in [0.29, 0.717) is 19.4 Å². The lowest BCUT2D eigenvalue weighted by Crippen LogP contribution is -2.20. The van der Waals surface area contributed by atoms with E-state index in [1.54, 1.807) is 0 Å². The minimum absolute atomic E-state index is 0.446. The van der Waals surface area contributed by atoms with Crippen LogP contribution in [0, 0.1) is 0 Å². The zero-order valence-electron chi connectivity index (χ0n) is 5.31. The Morgan fingerprint density at radius 1 is 1.33 bits per heavy atom. The average Bonchev–Trinajstić information content (AvgIpc) is 1.99. The van der Waals surface area contributed by atoms with Gasteiger partial charge in [-0.25, -0.2) is 4.39 Å². The Hall–Kier alpha value is -0.150. The first kappa shape index (κ1) is 6.96. The normalized spacial score (nSPS) is 38.0. The molecule has 1 aliphatic rings. The number of rotatable bonds is 0. The van der Waals surface area contributed by atoms with Crippen LogP contribution in [0.5, 0.6) is 0 Å². The third kappa shape index (κ3) is 1.91. The van der Waals surface area contributed by atoms with E-state index in [0.717, 1.165) is 6.54 Å². The molecule has 3 heteroatoms. The molecule has 0 aliphatic carbocycles. The molecule has 1 heterocycles. The standard InChI is InChI=1S/C6H12FNO/c7-5-1-3-8-4-2-6(5)9/h5-6,8-9H,1-4H2/t5-,6-/m1/s1. The van der Waals surface area contributed by atoms with Crippen LogP contribution in [-0.2, 0) is 0 Å². The Labute approximate surface area is 54.1 Å². The number of halogens is 1. The van der Waals surface area contributed by atoms with E-state index in [9.17, 15) is 4.39 Å². The Bertz CT molecular complexity index is 79.1. The molecule has 0 aromatic heterocycles. The van der Waals surface area contributed by atoms with Gasteiger partial charge in [-0.05, 0) is 25.9 Å². The first-order valence-corrected chi connectivity index (χ1v) is 3.33. The van der Waals surface area contributed by atoms with E-state index in [2.05, 4.69) is 5.32 Å². The van der Waals surface area contributed by atoms with Crippen molar-refractivity contribution >= 4 is 0 Å². The number of hydrogen-bond donors (Lipinski definition) is 2. The molecule has 0 radical (unpaired) electrons. The van der Waals surface area contributed by atoms with Crippen LogP contribution < -0.4 is 5.32 Å². The third-order valence-corrected chi connectivity index (χ3v) is 1.63. The van der Waals surface area contributed by atoms with Gasteiger partial charge in [0.15, 0.2) is 0 Å². The molecule has 2 N–H and O–H groups in total. The summed E-state index contributed by atoms with van der Waals surface area (Å²) >= 11 is 0.